The molecule has 0 aliphatic carbocycles. The van der Waals surface area contributed by atoms with Crippen LogP contribution in [0.5, 0.6) is 5.75 Å². The zero-order chi connectivity index (χ0) is 9.68. The van der Waals surface area contributed by atoms with Crippen molar-refractivity contribution in [3.63, 3.8) is 0 Å². The van der Waals surface area contributed by atoms with E-state index < -0.39 is 0 Å². The van der Waals surface area contributed by atoms with Crippen molar-refractivity contribution in [3.05, 3.63) is 29.3 Å². The SMILES string of the molecule is CCCOc1ccc(CCl)cc1C. The number of halogens is 1. The van der Waals surface area contributed by atoms with E-state index in [2.05, 4.69) is 13.0 Å². The van der Waals surface area contributed by atoms with Crippen molar-refractivity contribution in [1.82, 2.24) is 0 Å². The summed E-state index contributed by atoms with van der Waals surface area (Å²) < 4.78 is 5.54. The van der Waals surface area contributed by atoms with E-state index in [-0.39, 0.29) is 0 Å². The molecule has 1 aromatic rings. The van der Waals surface area contributed by atoms with Crippen LogP contribution in [0, 0.1) is 6.92 Å². The van der Waals surface area contributed by atoms with Crippen LogP contribution in [0.15, 0.2) is 18.2 Å². The van der Waals surface area contributed by atoms with Crippen LogP contribution in [0.1, 0.15) is 24.5 Å². The highest BCUT2D eigenvalue weighted by Crippen LogP contribution is 2.20. The minimum atomic E-state index is 0.564. The number of alkyl halides is 1. The Balaban J connectivity index is 2.73. The Morgan fingerprint density at radius 3 is 2.69 bits per heavy atom. The summed E-state index contributed by atoms with van der Waals surface area (Å²) in [6.07, 6.45) is 1.04. The first-order valence-corrected chi connectivity index (χ1v) is 5.09. The second-order valence-corrected chi connectivity index (χ2v) is 3.35. The zero-order valence-electron chi connectivity index (χ0n) is 8.14. The number of rotatable bonds is 4. The molecule has 0 aromatic heterocycles. The van der Waals surface area contributed by atoms with Gasteiger partial charge in [-0.1, -0.05) is 19.1 Å². The molecule has 0 aliphatic rings. The van der Waals surface area contributed by atoms with Gasteiger partial charge in [0.25, 0.3) is 0 Å². The van der Waals surface area contributed by atoms with Crippen molar-refractivity contribution in [2.24, 2.45) is 0 Å². The summed E-state index contributed by atoms with van der Waals surface area (Å²) >= 11 is 5.71. The predicted molar refractivity (Wildman–Crippen MR) is 56.5 cm³/mol. The average Bonchev–Trinajstić information content (AvgIpc) is 2.16. The number of hydrogen-bond acceptors (Lipinski definition) is 1. The van der Waals surface area contributed by atoms with Crippen LogP contribution in [0.3, 0.4) is 0 Å². The fraction of sp³-hybridized carbons (Fsp3) is 0.455. The lowest BCUT2D eigenvalue weighted by atomic mass is 10.1. The van der Waals surface area contributed by atoms with Gasteiger partial charge in [-0.15, -0.1) is 11.6 Å². The van der Waals surface area contributed by atoms with Gasteiger partial charge < -0.3 is 4.74 Å². The Labute approximate surface area is 84.7 Å². The third-order valence-electron chi connectivity index (χ3n) is 1.86. The summed E-state index contributed by atoms with van der Waals surface area (Å²) in [7, 11) is 0. The first-order valence-electron chi connectivity index (χ1n) is 4.56. The van der Waals surface area contributed by atoms with Gasteiger partial charge in [0.15, 0.2) is 0 Å². The molecular formula is C11H15ClO. The largest absolute Gasteiger partial charge is 0.493 e. The molecule has 0 aliphatic heterocycles. The molecule has 0 radical (unpaired) electrons. The van der Waals surface area contributed by atoms with Gasteiger partial charge in [-0.25, -0.2) is 0 Å². The van der Waals surface area contributed by atoms with Crippen molar-refractivity contribution in [1.29, 1.82) is 0 Å². The third kappa shape index (κ3) is 2.92. The summed E-state index contributed by atoms with van der Waals surface area (Å²) in [6.45, 7) is 4.92. The maximum absolute atomic E-state index is 5.71. The summed E-state index contributed by atoms with van der Waals surface area (Å²) in [5.74, 6) is 1.53. The Morgan fingerprint density at radius 1 is 1.38 bits per heavy atom. The molecule has 72 valence electrons. The Hall–Kier alpha value is -0.690. The van der Waals surface area contributed by atoms with E-state index in [9.17, 15) is 0 Å². The molecule has 0 saturated heterocycles. The molecule has 1 rings (SSSR count). The molecule has 0 unspecified atom stereocenters. The van der Waals surface area contributed by atoms with Crippen molar-refractivity contribution in [2.75, 3.05) is 6.61 Å². The van der Waals surface area contributed by atoms with E-state index in [0.717, 1.165) is 29.9 Å². The summed E-state index contributed by atoms with van der Waals surface area (Å²) in [6, 6.07) is 6.06. The molecule has 0 amide bonds. The minimum absolute atomic E-state index is 0.564. The Kier molecular flexibility index (Phi) is 4.10. The summed E-state index contributed by atoms with van der Waals surface area (Å²) in [5, 5.41) is 0. The van der Waals surface area contributed by atoms with Gasteiger partial charge in [-0.3, -0.25) is 0 Å². The highest BCUT2D eigenvalue weighted by atomic mass is 35.5. The molecule has 1 aromatic carbocycles. The number of benzene rings is 1. The Bertz CT molecular complexity index is 271. The fourth-order valence-corrected chi connectivity index (χ4v) is 1.33. The van der Waals surface area contributed by atoms with Gasteiger partial charge in [0.1, 0.15) is 5.75 Å². The first-order chi connectivity index (χ1) is 6.27. The van der Waals surface area contributed by atoms with Crippen molar-refractivity contribution in [2.45, 2.75) is 26.1 Å². The molecule has 1 nitrogen and oxygen atoms in total. The standard InChI is InChI=1S/C11H15ClO/c1-3-6-13-11-5-4-10(8-12)7-9(11)2/h4-5,7H,3,6,8H2,1-2H3. The third-order valence-corrected chi connectivity index (χ3v) is 2.16. The molecule has 0 spiro atoms. The van der Waals surface area contributed by atoms with Gasteiger partial charge in [0.2, 0.25) is 0 Å². The molecule has 0 fully saturated rings. The fourth-order valence-electron chi connectivity index (χ4n) is 1.17. The summed E-state index contributed by atoms with van der Waals surface area (Å²) in [4.78, 5) is 0. The van der Waals surface area contributed by atoms with Crippen LogP contribution in [0.4, 0.5) is 0 Å². The van der Waals surface area contributed by atoms with Crippen molar-refractivity contribution in [3.8, 4) is 5.75 Å². The van der Waals surface area contributed by atoms with Crippen LogP contribution in [0.2, 0.25) is 0 Å². The monoisotopic (exact) mass is 198 g/mol. The minimum Gasteiger partial charge on any atom is -0.493 e. The molecule has 0 atom stereocenters. The molecule has 0 heterocycles. The molecule has 13 heavy (non-hydrogen) atoms. The normalized spacial score (nSPS) is 10.1. The number of ether oxygens (including phenoxy) is 1. The molecule has 2 heteroatoms. The van der Waals surface area contributed by atoms with E-state index in [1.165, 1.54) is 0 Å². The first kappa shape index (κ1) is 10.4. The Morgan fingerprint density at radius 2 is 2.15 bits per heavy atom. The van der Waals surface area contributed by atoms with E-state index in [0.29, 0.717) is 5.88 Å². The summed E-state index contributed by atoms with van der Waals surface area (Å²) in [5.41, 5.74) is 2.30. The quantitative estimate of drug-likeness (QED) is 0.673. The van der Waals surface area contributed by atoms with Crippen molar-refractivity contribution < 1.29 is 4.74 Å². The number of aryl methyl sites for hydroxylation is 1. The molecule has 0 N–H and O–H groups in total. The lowest BCUT2D eigenvalue weighted by Gasteiger charge is -2.08. The van der Waals surface area contributed by atoms with Crippen LogP contribution in [0.25, 0.3) is 0 Å². The van der Waals surface area contributed by atoms with Gasteiger partial charge in [-0.2, -0.15) is 0 Å². The molecular weight excluding hydrogens is 184 g/mol. The van der Waals surface area contributed by atoms with Crippen molar-refractivity contribution >= 4 is 11.6 Å². The van der Waals surface area contributed by atoms with Gasteiger partial charge in [0.05, 0.1) is 6.61 Å². The van der Waals surface area contributed by atoms with E-state index in [1.807, 2.05) is 19.1 Å². The van der Waals surface area contributed by atoms with E-state index in [4.69, 9.17) is 16.3 Å². The van der Waals surface area contributed by atoms with Gasteiger partial charge >= 0.3 is 0 Å². The maximum Gasteiger partial charge on any atom is 0.122 e. The maximum atomic E-state index is 5.71. The van der Waals surface area contributed by atoms with E-state index >= 15 is 0 Å². The van der Waals surface area contributed by atoms with Gasteiger partial charge in [0, 0.05) is 5.88 Å². The smallest absolute Gasteiger partial charge is 0.122 e. The molecule has 0 bridgehead atoms. The van der Waals surface area contributed by atoms with Crippen LogP contribution in [-0.4, -0.2) is 6.61 Å². The lowest BCUT2D eigenvalue weighted by Crippen LogP contribution is -1.97. The lowest BCUT2D eigenvalue weighted by molar-refractivity contribution is 0.315. The number of hydrogen-bond donors (Lipinski definition) is 0. The highest BCUT2D eigenvalue weighted by molar-refractivity contribution is 6.17. The second kappa shape index (κ2) is 5.13. The van der Waals surface area contributed by atoms with Gasteiger partial charge in [-0.05, 0) is 30.5 Å². The van der Waals surface area contributed by atoms with Crippen LogP contribution < -0.4 is 4.74 Å². The van der Waals surface area contributed by atoms with Crippen LogP contribution in [-0.2, 0) is 5.88 Å². The second-order valence-electron chi connectivity index (χ2n) is 3.08. The predicted octanol–water partition coefficient (Wildman–Crippen LogP) is 3.52. The topological polar surface area (TPSA) is 9.23 Å². The highest BCUT2D eigenvalue weighted by Gasteiger charge is 1.99. The average molecular weight is 199 g/mol. The zero-order valence-corrected chi connectivity index (χ0v) is 8.90. The van der Waals surface area contributed by atoms with Crippen LogP contribution >= 0.6 is 11.6 Å². The van der Waals surface area contributed by atoms with E-state index in [1.54, 1.807) is 0 Å². The molecule has 0 saturated carbocycles.